The monoisotopic (exact) mass is 184 g/mol. The Hall–Kier alpha value is -0.840. The molecular formula is C9H12O4. The van der Waals surface area contributed by atoms with E-state index in [4.69, 9.17) is 13.9 Å². The van der Waals surface area contributed by atoms with Gasteiger partial charge >= 0.3 is 0 Å². The van der Waals surface area contributed by atoms with E-state index >= 15 is 0 Å². The van der Waals surface area contributed by atoms with Crippen LogP contribution in [0.5, 0.6) is 0 Å². The van der Waals surface area contributed by atoms with Crippen LogP contribution >= 0.6 is 0 Å². The lowest BCUT2D eigenvalue weighted by molar-refractivity contribution is -0.133. The Bertz CT molecular complexity index is 238. The molecule has 1 aromatic rings. The molecule has 0 amide bonds. The highest BCUT2D eigenvalue weighted by Crippen LogP contribution is 2.21. The van der Waals surface area contributed by atoms with Crippen molar-refractivity contribution in [2.75, 3.05) is 19.8 Å². The summed E-state index contributed by atoms with van der Waals surface area (Å²) in [5, 5.41) is 9.77. The van der Waals surface area contributed by atoms with E-state index in [1.54, 1.807) is 6.07 Å². The predicted octanol–water partition coefficient (Wildman–Crippen LogP) is 0.728. The maximum atomic E-state index is 9.77. The van der Waals surface area contributed by atoms with E-state index in [-0.39, 0.29) is 6.10 Å². The van der Waals surface area contributed by atoms with Crippen LogP contribution in [0, 0.1) is 0 Å². The highest BCUT2D eigenvalue weighted by Gasteiger charge is 2.25. The number of rotatable bonds is 2. The Labute approximate surface area is 76.1 Å². The van der Waals surface area contributed by atoms with Crippen molar-refractivity contribution in [1.82, 2.24) is 0 Å². The van der Waals surface area contributed by atoms with Gasteiger partial charge in [-0.05, 0) is 6.07 Å². The first kappa shape index (κ1) is 8.74. The summed E-state index contributed by atoms with van der Waals surface area (Å²) in [5.41, 5.74) is 0.732. The maximum Gasteiger partial charge on any atom is 0.111 e. The van der Waals surface area contributed by atoms with Crippen molar-refractivity contribution in [2.45, 2.75) is 12.2 Å². The molecule has 0 saturated carbocycles. The zero-order chi connectivity index (χ0) is 9.10. The standard InChI is InChI=1S/C9H12O4/c10-9(7-1-2-11-5-7)8-6-12-3-4-13-8/h1-2,5,8-10H,3-4,6H2. The second kappa shape index (κ2) is 3.91. The fraction of sp³-hybridized carbons (Fsp3) is 0.556. The number of aliphatic hydroxyl groups excluding tert-OH is 1. The number of furan rings is 1. The van der Waals surface area contributed by atoms with Crippen LogP contribution in [-0.4, -0.2) is 31.0 Å². The third kappa shape index (κ3) is 1.91. The van der Waals surface area contributed by atoms with Gasteiger partial charge in [-0.1, -0.05) is 0 Å². The van der Waals surface area contributed by atoms with Crippen LogP contribution in [0.2, 0.25) is 0 Å². The molecule has 0 aromatic carbocycles. The molecule has 1 aromatic heterocycles. The molecule has 1 aliphatic heterocycles. The van der Waals surface area contributed by atoms with Crippen LogP contribution < -0.4 is 0 Å². The minimum Gasteiger partial charge on any atom is -0.472 e. The number of aliphatic hydroxyl groups is 1. The summed E-state index contributed by atoms with van der Waals surface area (Å²) in [4.78, 5) is 0. The molecule has 0 spiro atoms. The average molecular weight is 184 g/mol. The Kier molecular flexibility index (Phi) is 2.63. The van der Waals surface area contributed by atoms with Gasteiger partial charge in [0.15, 0.2) is 0 Å². The molecule has 2 heterocycles. The molecule has 2 unspecified atom stereocenters. The van der Waals surface area contributed by atoms with Crippen molar-refractivity contribution < 1.29 is 19.0 Å². The van der Waals surface area contributed by atoms with Gasteiger partial charge in [0.25, 0.3) is 0 Å². The first-order valence-corrected chi connectivity index (χ1v) is 4.27. The first-order valence-electron chi connectivity index (χ1n) is 4.27. The molecule has 0 bridgehead atoms. The van der Waals surface area contributed by atoms with Crippen molar-refractivity contribution >= 4 is 0 Å². The molecule has 1 N–H and O–H groups in total. The van der Waals surface area contributed by atoms with Crippen LogP contribution in [0.25, 0.3) is 0 Å². The third-order valence-electron chi connectivity index (χ3n) is 2.08. The van der Waals surface area contributed by atoms with Gasteiger partial charge in [0, 0.05) is 5.56 Å². The van der Waals surface area contributed by atoms with E-state index in [9.17, 15) is 5.11 Å². The fourth-order valence-corrected chi connectivity index (χ4v) is 1.35. The molecular weight excluding hydrogens is 172 g/mol. The minimum atomic E-state index is -0.654. The molecule has 0 radical (unpaired) electrons. The summed E-state index contributed by atoms with van der Waals surface area (Å²) >= 11 is 0. The minimum absolute atomic E-state index is 0.272. The van der Waals surface area contributed by atoms with Crippen LogP contribution in [0.15, 0.2) is 23.0 Å². The fourth-order valence-electron chi connectivity index (χ4n) is 1.35. The molecule has 13 heavy (non-hydrogen) atoms. The highest BCUT2D eigenvalue weighted by atomic mass is 16.6. The SMILES string of the molecule is OC(c1ccoc1)C1COCCO1. The molecule has 4 nitrogen and oxygen atoms in total. The Morgan fingerprint density at radius 3 is 3.00 bits per heavy atom. The lowest BCUT2D eigenvalue weighted by Gasteiger charge is -2.26. The Balaban J connectivity index is 1.99. The molecule has 2 atom stereocenters. The smallest absolute Gasteiger partial charge is 0.111 e. The normalized spacial score (nSPS) is 25.8. The van der Waals surface area contributed by atoms with E-state index in [0.29, 0.717) is 19.8 Å². The van der Waals surface area contributed by atoms with Gasteiger partial charge in [-0.15, -0.1) is 0 Å². The summed E-state index contributed by atoms with van der Waals surface area (Å²) in [6, 6.07) is 1.72. The second-order valence-corrected chi connectivity index (χ2v) is 2.99. The molecule has 1 saturated heterocycles. The van der Waals surface area contributed by atoms with E-state index in [1.165, 1.54) is 12.5 Å². The zero-order valence-electron chi connectivity index (χ0n) is 7.18. The van der Waals surface area contributed by atoms with Crippen molar-refractivity contribution in [2.24, 2.45) is 0 Å². The van der Waals surface area contributed by atoms with Gasteiger partial charge in [0.2, 0.25) is 0 Å². The Morgan fingerprint density at radius 2 is 2.38 bits per heavy atom. The van der Waals surface area contributed by atoms with Gasteiger partial charge in [-0.2, -0.15) is 0 Å². The Morgan fingerprint density at radius 1 is 1.46 bits per heavy atom. The topological polar surface area (TPSA) is 51.8 Å². The van der Waals surface area contributed by atoms with Gasteiger partial charge in [0.05, 0.1) is 32.3 Å². The van der Waals surface area contributed by atoms with Gasteiger partial charge in [0.1, 0.15) is 12.2 Å². The largest absolute Gasteiger partial charge is 0.472 e. The first-order chi connectivity index (χ1) is 6.38. The highest BCUT2D eigenvalue weighted by molar-refractivity contribution is 5.10. The maximum absolute atomic E-state index is 9.77. The van der Waals surface area contributed by atoms with E-state index in [1.807, 2.05) is 0 Å². The molecule has 1 fully saturated rings. The van der Waals surface area contributed by atoms with E-state index < -0.39 is 6.10 Å². The molecule has 0 aliphatic carbocycles. The van der Waals surface area contributed by atoms with E-state index in [0.717, 1.165) is 5.56 Å². The number of hydrogen-bond acceptors (Lipinski definition) is 4. The lowest BCUT2D eigenvalue weighted by atomic mass is 10.1. The van der Waals surface area contributed by atoms with Gasteiger partial charge in [-0.3, -0.25) is 0 Å². The predicted molar refractivity (Wildman–Crippen MR) is 44.2 cm³/mol. The lowest BCUT2D eigenvalue weighted by Crippen LogP contribution is -2.33. The number of hydrogen-bond donors (Lipinski definition) is 1. The second-order valence-electron chi connectivity index (χ2n) is 2.99. The third-order valence-corrected chi connectivity index (χ3v) is 2.08. The van der Waals surface area contributed by atoms with Crippen LogP contribution in [0.3, 0.4) is 0 Å². The average Bonchev–Trinajstić information content (AvgIpc) is 2.71. The number of ether oxygens (including phenoxy) is 2. The van der Waals surface area contributed by atoms with Crippen LogP contribution in [0.1, 0.15) is 11.7 Å². The summed E-state index contributed by atoms with van der Waals surface area (Å²) in [5.74, 6) is 0. The van der Waals surface area contributed by atoms with Crippen molar-refractivity contribution in [1.29, 1.82) is 0 Å². The quantitative estimate of drug-likeness (QED) is 0.736. The molecule has 1 aliphatic rings. The molecule has 2 rings (SSSR count). The molecule has 72 valence electrons. The van der Waals surface area contributed by atoms with Crippen molar-refractivity contribution in [3.63, 3.8) is 0 Å². The van der Waals surface area contributed by atoms with Gasteiger partial charge in [-0.25, -0.2) is 0 Å². The summed E-state index contributed by atoms with van der Waals surface area (Å²) < 4.78 is 15.4. The van der Waals surface area contributed by atoms with Gasteiger partial charge < -0.3 is 19.0 Å². The molecule has 4 heteroatoms. The van der Waals surface area contributed by atoms with Crippen molar-refractivity contribution in [3.8, 4) is 0 Å². The van der Waals surface area contributed by atoms with Crippen LogP contribution in [0.4, 0.5) is 0 Å². The van der Waals surface area contributed by atoms with Crippen molar-refractivity contribution in [3.05, 3.63) is 24.2 Å². The van der Waals surface area contributed by atoms with E-state index in [2.05, 4.69) is 0 Å². The zero-order valence-corrected chi connectivity index (χ0v) is 7.18. The summed E-state index contributed by atoms with van der Waals surface area (Å²) in [6.45, 7) is 1.58. The summed E-state index contributed by atoms with van der Waals surface area (Å²) in [6.07, 6.45) is 2.12. The van der Waals surface area contributed by atoms with Crippen LogP contribution in [-0.2, 0) is 9.47 Å². The summed E-state index contributed by atoms with van der Waals surface area (Å²) in [7, 11) is 0.